The van der Waals surface area contributed by atoms with Crippen LogP contribution < -0.4 is 10.5 Å². The summed E-state index contributed by atoms with van der Waals surface area (Å²) in [5.74, 6) is 1.00. The molecule has 1 aromatic carbocycles. The summed E-state index contributed by atoms with van der Waals surface area (Å²) in [6, 6.07) is 5.26. The van der Waals surface area contributed by atoms with E-state index in [1.54, 1.807) is 18.2 Å². The zero-order valence-corrected chi connectivity index (χ0v) is 13.5. The molecule has 1 unspecified atom stereocenters. The van der Waals surface area contributed by atoms with E-state index in [-0.39, 0.29) is 6.04 Å². The van der Waals surface area contributed by atoms with E-state index in [1.807, 2.05) is 22.9 Å². The SMILES string of the molecule is CC(N)Cc1c(Oc2cccc(Cl)c2Cl)nc2sccn12. The fraction of sp³-hybridized carbons (Fsp3) is 0.214. The van der Waals surface area contributed by atoms with Crippen LogP contribution in [-0.4, -0.2) is 15.4 Å². The third-order valence-corrected chi connectivity index (χ3v) is 4.52. The van der Waals surface area contributed by atoms with Gasteiger partial charge in [0.15, 0.2) is 4.96 Å². The summed E-state index contributed by atoms with van der Waals surface area (Å²) in [5, 5.41) is 2.80. The molecule has 4 nitrogen and oxygen atoms in total. The van der Waals surface area contributed by atoms with Gasteiger partial charge >= 0.3 is 0 Å². The van der Waals surface area contributed by atoms with Gasteiger partial charge in [0.25, 0.3) is 0 Å². The van der Waals surface area contributed by atoms with E-state index in [4.69, 9.17) is 33.7 Å². The molecule has 0 saturated carbocycles. The maximum Gasteiger partial charge on any atom is 0.242 e. The van der Waals surface area contributed by atoms with E-state index < -0.39 is 0 Å². The number of rotatable bonds is 4. The topological polar surface area (TPSA) is 52.5 Å². The molecule has 0 aliphatic carbocycles. The van der Waals surface area contributed by atoms with Crippen LogP contribution in [-0.2, 0) is 6.42 Å². The summed E-state index contributed by atoms with van der Waals surface area (Å²) in [5.41, 5.74) is 6.85. The Morgan fingerprint density at radius 3 is 3.00 bits per heavy atom. The number of benzene rings is 1. The maximum absolute atomic E-state index is 6.16. The van der Waals surface area contributed by atoms with Gasteiger partial charge in [0, 0.05) is 24.0 Å². The zero-order chi connectivity index (χ0) is 15.0. The van der Waals surface area contributed by atoms with Crippen molar-refractivity contribution in [3.05, 3.63) is 45.5 Å². The average molecular weight is 342 g/mol. The van der Waals surface area contributed by atoms with E-state index in [9.17, 15) is 0 Å². The van der Waals surface area contributed by atoms with E-state index >= 15 is 0 Å². The lowest BCUT2D eigenvalue weighted by molar-refractivity contribution is 0.457. The molecule has 0 fully saturated rings. The number of hydrogen-bond acceptors (Lipinski definition) is 4. The molecule has 0 spiro atoms. The highest BCUT2D eigenvalue weighted by molar-refractivity contribution is 7.15. The molecular formula is C14H13Cl2N3OS. The Kier molecular flexibility index (Phi) is 4.08. The van der Waals surface area contributed by atoms with Crippen LogP contribution in [0.3, 0.4) is 0 Å². The Morgan fingerprint density at radius 1 is 1.43 bits per heavy atom. The van der Waals surface area contributed by atoms with Crippen molar-refractivity contribution < 1.29 is 4.74 Å². The second kappa shape index (κ2) is 5.85. The number of nitrogens with zero attached hydrogens (tertiary/aromatic N) is 2. The molecule has 2 aromatic heterocycles. The summed E-state index contributed by atoms with van der Waals surface area (Å²) in [7, 11) is 0. The number of ether oxygens (including phenoxy) is 1. The van der Waals surface area contributed by atoms with Crippen molar-refractivity contribution in [2.75, 3.05) is 0 Å². The highest BCUT2D eigenvalue weighted by atomic mass is 35.5. The minimum absolute atomic E-state index is 0.00184. The van der Waals surface area contributed by atoms with Gasteiger partial charge in [-0.1, -0.05) is 29.3 Å². The van der Waals surface area contributed by atoms with Crippen molar-refractivity contribution in [2.24, 2.45) is 5.73 Å². The van der Waals surface area contributed by atoms with Gasteiger partial charge in [0.2, 0.25) is 5.88 Å². The first-order chi connectivity index (χ1) is 10.1. The molecule has 2 heterocycles. The Morgan fingerprint density at radius 2 is 2.24 bits per heavy atom. The number of fused-ring (bicyclic) bond motifs is 1. The second-order valence-corrected chi connectivity index (χ2v) is 6.41. The van der Waals surface area contributed by atoms with Crippen LogP contribution in [0, 0.1) is 0 Å². The number of nitrogens with two attached hydrogens (primary N) is 1. The van der Waals surface area contributed by atoms with Gasteiger partial charge in [-0.3, -0.25) is 4.40 Å². The molecule has 0 radical (unpaired) electrons. The summed E-state index contributed by atoms with van der Waals surface area (Å²) in [6.07, 6.45) is 2.61. The molecule has 3 aromatic rings. The fourth-order valence-electron chi connectivity index (χ4n) is 2.05. The number of thiazole rings is 1. The van der Waals surface area contributed by atoms with E-state index in [0.29, 0.717) is 28.1 Å². The Balaban J connectivity index is 2.03. The minimum atomic E-state index is 0.00184. The lowest BCUT2D eigenvalue weighted by Crippen LogP contribution is -2.19. The maximum atomic E-state index is 6.16. The summed E-state index contributed by atoms with van der Waals surface area (Å²) in [4.78, 5) is 5.35. The predicted molar refractivity (Wildman–Crippen MR) is 87.0 cm³/mol. The van der Waals surface area contributed by atoms with Crippen molar-refractivity contribution in [1.82, 2.24) is 9.38 Å². The van der Waals surface area contributed by atoms with Gasteiger partial charge < -0.3 is 10.5 Å². The number of imidazole rings is 1. The smallest absolute Gasteiger partial charge is 0.242 e. The van der Waals surface area contributed by atoms with Crippen LogP contribution in [0.15, 0.2) is 29.8 Å². The molecule has 7 heteroatoms. The fourth-order valence-corrected chi connectivity index (χ4v) is 3.11. The average Bonchev–Trinajstić information content (AvgIpc) is 2.98. The lowest BCUT2D eigenvalue weighted by atomic mass is 10.2. The third-order valence-electron chi connectivity index (χ3n) is 2.96. The number of halogens is 2. The predicted octanol–water partition coefficient (Wildman–Crippen LogP) is 4.38. The Labute approximate surface area is 136 Å². The monoisotopic (exact) mass is 341 g/mol. The highest BCUT2D eigenvalue weighted by Gasteiger charge is 2.18. The summed E-state index contributed by atoms with van der Waals surface area (Å²) < 4.78 is 7.86. The molecule has 0 aliphatic heterocycles. The zero-order valence-electron chi connectivity index (χ0n) is 11.2. The molecule has 21 heavy (non-hydrogen) atoms. The van der Waals surface area contributed by atoms with Crippen LogP contribution in [0.2, 0.25) is 10.0 Å². The Bertz CT molecular complexity index is 782. The highest BCUT2D eigenvalue weighted by Crippen LogP contribution is 2.36. The van der Waals surface area contributed by atoms with Crippen LogP contribution in [0.4, 0.5) is 0 Å². The molecule has 0 aliphatic rings. The van der Waals surface area contributed by atoms with E-state index in [2.05, 4.69) is 4.98 Å². The van der Waals surface area contributed by atoms with Crippen molar-refractivity contribution in [1.29, 1.82) is 0 Å². The van der Waals surface area contributed by atoms with Crippen molar-refractivity contribution >= 4 is 39.5 Å². The van der Waals surface area contributed by atoms with Gasteiger partial charge in [-0.25, -0.2) is 0 Å². The van der Waals surface area contributed by atoms with Gasteiger partial charge in [0.05, 0.1) is 10.7 Å². The second-order valence-electron chi connectivity index (χ2n) is 4.75. The van der Waals surface area contributed by atoms with Crippen molar-refractivity contribution in [3.63, 3.8) is 0 Å². The first-order valence-corrected chi connectivity index (χ1v) is 8.01. The summed E-state index contributed by atoms with van der Waals surface area (Å²) in [6.45, 7) is 1.95. The van der Waals surface area contributed by atoms with E-state index in [0.717, 1.165) is 10.7 Å². The molecule has 0 amide bonds. The van der Waals surface area contributed by atoms with Crippen LogP contribution >= 0.6 is 34.5 Å². The lowest BCUT2D eigenvalue weighted by Gasteiger charge is -2.09. The third kappa shape index (κ3) is 2.87. The number of aromatic nitrogens is 2. The summed E-state index contributed by atoms with van der Waals surface area (Å²) >= 11 is 13.7. The van der Waals surface area contributed by atoms with Gasteiger partial charge in [0.1, 0.15) is 10.8 Å². The largest absolute Gasteiger partial charge is 0.436 e. The minimum Gasteiger partial charge on any atom is -0.436 e. The Hall–Kier alpha value is -1.27. The van der Waals surface area contributed by atoms with Crippen molar-refractivity contribution in [2.45, 2.75) is 19.4 Å². The first kappa shape index (κ1) is 14.7. The quantitative estimate of drug-likeness (QED) is 0.765. The normalized spacial score (nSPS) is 12.8. The molecule has 110 valence electrons. The van der Waals surface area contributed by atoms with Crippen LogP contribution in [0.1, 0.15) is 12.6 Å². The standard InChI is InChI=1S/C14H13Cl2N3OS/c1-8(17)7-10-13(18-14-19(10)5-6-21-14)20-11-4-2-3-9(15)12(11)16/h2-6,8H,7,17H2,1H3. The van der Waals surface area contributed by atoms with Crippen LogP contribution in [0.5, 0.6) is 11.6 Å². The molecule has 3 rings (SSSR count). The van der Waals surface area contributed by atoms with E-state index in [1.165, 1.54) is 11.3 Å². The number of hydrogen-bond donors (Lipinski definition) is 1. The molecule has 1 atom stereocenters. The van der Waals surface area contributed by atoms with Gasteiger partial charge in [-0.2, -0.15) is 4.98 Å². The van der Waals surface area contributed by atoms with Crippen molar-refractivity contribution in [3.8, 4) is 11.6 Å². The van der Waals surface area contributed by atoms with Gasteiger partial charge in [-0.15, -0.1) is 11.3 Å². The first-order valence-electron chi connectivity index (χ1n) is 6.38. The van der Waals surface area contributed by atoms with Crippen LogP contribution in [0.25, 0.3) is 4.96 Å². The molecule has 0 bridgehead atoms. The molecule has 0 saturated heterocycles. The van der Waals surface area contributed by atoms with Gasteiger partial charge in [-0.05, 0) is 19.1 Å². The molecule has 2 N–H and O–H groups in total. The molecular weight excluding hydrogens is 329 g/mol.